The van der Waals surface area contributed by atoms with Crippen molar-refractivity contribution in [2.75, 3.05) is 0 Å². The minimum absolute atomic E-state index is 0. The van der Waals surface area contributed by atoms with Crippen LogP contribution in [-0.4, -0.2) is 82.6 Å². The molecule has 2 N–H and O–H groups in total. The van der Waals surface area contributed by atoms with Crippen molar-refractivity contribution in [1.82, 2.24) is 0 Å². The van der Waals surface area contributed by atoms with E-state index in [1.54, 1.807) is 0 Å². The second-order valence-electron chi connectivity index (χ2n) is 0. The summed E-state index contributed by atoms with van der Waals surface area (Å²) in [5.74, 6) is 0. The Bertz CT molecular complexity index is 8.00. The molecule has 0 amide bonds. The molecule has 2 radical (unpaired) electrons. The van der Waals surface area contributed by atoms with Crippen LogP contribution < -0.4 is 0 Å². The topological polar surface area (TPSA) is 31.5 Å². The van der Waals surface area contributed by atoms with Gasteiger partial charge in [-0.2, -0.15) is 0 Å². The van der Waals surface area contributed by atoms with Gasteiger partial charge in [0.25, 0.3) is 0 Å². The average molecular weight is 292 g/mol. The molecule has 0 aromatic carbocycles. The zero-order valence-corrected chi connectivity index (χ0v) is 8.60. The van der Waals surface area contributed by atoms with Gasteiger partial charge < -0.3 is 5.48 Å². The van der Waals surface area contributed by atoms with Gasteiger partial charge in [0.1, 0.15) is 0 Å². The zero-order chi connectivity index (χ0) is 0. The third kappa shape index (κ3) is 8.82. The van der Waals surface area contributed by atoms with Gasteiger partial charge in [0.2, 0.25) is 0 Å². The van der Waals surface area contributed by atoms with Crippen LogP contribution in [0, 0.1) is 0 Å². The maximum atomic E-state index is 0. The number of hydrogen-bond donors (Lipinski definition) is 0. The van der Waals surface area contributed by atoms with E-state index in [-0.39, 0.29) is 82.6 Å². The first-order valence-corrected chi connectivity index (χ1v) is 0. The molecule has 0 saturated carbocycles. The van der Waals surface area contributed by atoms with Crippen LogP contribution in [0.15, 0.2) is 0 Å². The Kier molecular flexibility index (Phi) is 137. The van der Waals surface area contributed by atoms with Gasteiger partial charge in [-0.3, -0.25) is 0 Å². The van der Waals surface area contributed by atoms with Crippen LogP contribution in [0.4, 0.5) is 0 Å². The molecule has 0 aromatic heterocycles. The summed E-state index contributed by atoms with van der Waals surface area (Å²) < 4.78 is 0. The van der Waals surface area contributed by atoms with Gasteiger partial charge in [-0.25, -0.2) is 0 Å². The molecule has 0 bridgehead atoms. The van der Waals surface area contributed by atoms with Crippen LogP contribution in [-0.2, 0) is 0 Å². The second kappa shape index (κ2) is 17.7. The van der Waals surface area contributed by atoms with E-state index < -0.39 is 0 Å². The molecule has 24 valence electrons. The molecule has 4 heteroatoms. The third-order valence-corrected chi connectivity index (χ3v) is 0. The predicted octanol–water partition coefficient (Wildman–Crippen LogP) is -3.31. The van der Waals surface area contributed by atoms with Crippen LogP contribution in [0.5, 0.6) is 0 Å². The summed E-state index contributed by atoms with van der Waals surface area (Å²) >= 11 is 0. The monoisotopic (exact) mass is 296 g/mol. The fraction of sp³-hybridized carbons (Fsp3) is 0. The third-order valence-electron chi connectivity index (χ3n) is 0. The molecule has 0 aromatic rings. The van der Waals surface area contributed by atoms with Crippen LogP contribution in [0.3, 0.4) is 0 Å². The number of hydrogen-bond acceptors (Lipinski definition) is 0. The summed E-state index contributed by atoms with van der Waals surface area (Å²) in [6.07, 6.45) is 0. The molecule has 1 nitrogen and oxygen atoms in total. The van der Waals surface area contributed by atoms with Gasteiger partial charge in [-0.15, -0.1) is 0 Å². The summed E-state index contributed by atoms with van der Waals surface area (Å²) in [7, 11) is 0. The van der Waals surface area contributed by atoms with Crippen molar-refractivity contribution in [3.05, 3.63) is 0 Å². The summed E-state index contributed by atoms with van der Waals surface area (Å²) in [6.45, 7) is 0. The molecule has 0 spiro atoms. The molecule has 0 aliphatic heterocycles. The molecular weight excluding hydrogens is 285 g/mol. The van der Waals surface area contributed by atoms with Crippen molar-refractivity contribution in [1.29, 1.82) is 0 Å². The molecule has 0 atom stereocenters. The SMILES string of the molecule is O.[NaH].[SnH2].[TeH2]. The first-order valence-electron chi connectivity index (χ1n) is 0. The van der Waals surface area contributed by atoms with Gasteiger partial charge in [0.05, 0.1) is 0 Å². The first kappa shape index (κ1) is 31.0. The van der Waals surface area contributed by atoms with E-state index in [0.717, 1.165) is 0 Å². The Hall–Kier alpha value is 2.55. The minimum atomic E-state index is 0. The molecule has 4 heavy (non-hydrogen) atoms. The van der Waals surface area contributed by atoms with Crippen molar-refractivity contribution in [2.45, 2.75) is 0 Å². The molecule has 0 heterocycles. The van der Waals surface area contributed by atoms with Crippen LogP contribution in [0.1, 0.15) is 0 Å². The fourth-order valence-electron chi connectivity index (χ4n) is 0. The molecular formula is H7NaOSnTe. The summed E-state index contributed by atoms with van der Waals surface area (Å²) in [4.78, 5) is 0. The Morgan fingerprint density at radius 1 is 1.00 bits per heavy atom. The fourth-order valence-corrected chi connectivity index (χ4v) is 0. The normalized spacial score (nSPS) is 0. The number of rotatable bonds is 0. The van der Waals surface area contributed by atoms with E-state index in [0.29, 0.717) is 0 Å². The van der Waals surface area contributed by atoms with E-state index >= 15 is 0 Å². The van der Waals surface area contributed by atoms with E-state index in [1.807, 2.05) is 0 Å². The van der Waals surface area contributed by atoms with E-state index in [9.17, 15) is 0 Å². The van der Waals surface area contributed by atoms with Gasteiger partial charge >= 0.3 is 77.1 Å². The Morgan fingerprint density at radius 3 is 1.00 bits per heavy atom. The molecule has 0 rings (SSSR count). The van der Waals surface area contributed by atoms with Gasteiger partial charge in [-0.1, -0.05) is 0 Å². The predicted molar refractivity (Wildman–Crippen MR) is 27.9 cm³/mol. The Labute approximate surface area is 81.2 Å². The van der Waals surface area contributed by atoms with Gasteiger partial charge in [-0.05, 0) is 0 Å². The summed E-state index contributed by atoms with van der Waals surface area (Å²) in [5, 5.41) is 0. The molecule has 0 fully saturated rings. The average Bonchev–Trinajstić information content (AvgIpc) is 0. The molecule has 0 saturated heterocycles. The maximum absolute atomic E-state index is 0. The van der Waals surface area contributed by atoms with Gasteiger partial charge in [0.15, 0.2) is 0 Å². The Morgan fingerprint density at radius 2 is 1.00 bits per heavy atom. The van der Waals surface area contributed by atoms with Crippen molar-refractivity contribution < 1.29 is 5.48 Å². The molecule has 0 aliphatic rings. The standard InChI is InChI=1S/Na.H2O.Sn.H2Te.3H/h;1H2;;1H2;;;. The first-order chi connectivity index (χ1) is 0. The van der Waals surface area contributed by atoms with Crippen molar-refractivity contribution in [3.63, 3.8) is 0 Å². The van der Waals surface area contributed by atoms with Crippen molar-refractivity contribution >= 4 is 77.1 Å². The molecule has 0 unspecified atom stereocenters. The quantitative estimate of drug-likeness (QED) is 0.419. The van der Waals surface area contributed by atoms with Crippen LogP contribution in [0.25, 0.3) is 0 Å². The molecule has 0 aliphatic carbocycles. The van der Waals surface area contributed by atoms with Crippen molar-refractivity contribution in [2.24, 2.45) is 0 Å². The van der Waals surface area contributed by atoms with E-state index in [2.05, 4.69) is 0 Å². The second-order valence-corrected chi connectivity index (χ2v) is 0. The van der Waals surface area contributed by atoms with Gasteiger partial charge in [0, 0.05) is 0 Å². The zero-order valence-electron chi connectivity index (χ0n) is 1.71. The van der Waals surface area contributed by atoms with E-state index in [1.165, 1.54) is 0 Å². The van der Waals surface area contributed by atoms with Crippen LogP contribution in [0.2, 0.25) is 0 Å². The Balaban J connectivity index is 0. The van der Waals surface area contributed by atoms with Crippen LogP contribution >= 0.6 is 0 Å². The van der Waals surface area contributed by atoms with E-state index in [4.69, 9.17) is 0 Å². The summed E-state index contributed by atoms with van der Waals surface area (Å²) in [5.41, 5.74) is 0. The summed E-state index contributed by atoms with van der Waals surface area (Å²) in [6, 6.07) is 0. The van der Waals surface area contributed by atoms with Crippen molar-refractivity contribution in [3.8, 4) is 0 Å².